The molecule has 1 unspecified atom stereocenters. The molecule has 0 bridgehead atoms. The van der Waals surface area contributed by atoms with Crippen molar-refractivity contribution < 1.29 is 8.42 Å². The SMILES string of the molecule is CC(N)c1ccc(S(=O)(=O)NCc2cscn2)cc1. The van der Waals surface area contributed by atoms with Gasteiger partial charge < -0.3 is 5.73 Å². The van der Waals surface area contributed by atoms with E-state index < -0.39 is 10.0 Å². The molecule has 19 heavy (non-hydrogen) atoms. The number of thiazole rings is 1. The van der Waals surface area contributed by atoms with Gasteiger partial charge in [0.25, 0.3) is 0 Å². The zero-order chi connectivity index (χ0) is 13.9. The Labute approximate surface area is 116 Å². The van der Waals surface area contributed by atoms with Crippen molar-refractivity contribution in [2.75, 3.05) is 0 Å². The number of hydrogen-bond acceptors (Lipinski definition) is 5. The average molecular weight is 297 g/mol. The fourth-order valence-electron chi connectivity index (χ4n) is 1.53. The van der Waals surface area contributed by atoms with Crippen LogP contribution in [0, 0.1) is 0 Å². The first-order valence-corrected chi connectivity index (χ1v) is 8.14. The highest BCUT2D eigenvalue weighted by Gasteiger charge is 2.14. The molecule has 0 aliphatic carbocycles. The van der Waals surface area contributed by atoms with Gasteiger partial charge in [0.2, 0.25) is 10.0 Å². The Morgan fingerprint density at radius 3 is 2.58 bits per heavy atom. The third-order valence-corrected chi connectivity index (χ3v) is 4.70. The van der Waals surface area contributed by atoms with E-state index in [9.17, 15) is 8.42 Å². The summed E-state index contributed by atoms with van der Waals surface area (Å²) in [5, 5.41) is 1.81. The van der Waals surface area contributed by atoms with Crippen LogP contribution in [0.15, 0.2) is 40.1 Å². The Morgan fingerprint density at radius 2 is 2.05 bits per heavy atom. The first-order valence-electron chi connectivity index (χ1n) is 5.71. The van der Waals surface area contributed by atoms with Crippen LogP contribution in [0.25, 0.3) is 0 Å². The normalized spacial score (nSPS) is 13.4. The first-order chi connectivity index (χ1) is 8.99. The number of sulfonamides is 1. The van der Waals surface area contributed by atoms with Crippen LogP contribution in [0.2, 0.25) is 0 Å². The van der Waals surface area contributed by atoms with Crippen molar-refractivity contribution in [1.82, 2.24) is 9.71 Å². The fraction of sp³-hybridized carbons (Fsp3) is 0.250. The molecule has 0 spiro atoms. The van der Waals surface area contributed by atoms with Crippen molar-refractivity contribution in [3.05, 3.63) is 46.4 Å². The molecule has 3 N–H and O–H groups in total. The Bertz CT molecular complexity index is 620. The predicted octanol–water partition coefficient (Wildman–Crippen LogP) is 1.64. The zero-order valence-corrected chi connectivity index (χ0v) is 12.0. The van der Waals surface area contributed by atoms with Gasteiger partial charge >= 0.3 is 0 Å². The molecule has 0 fully saturated rings. The lowest BCUT2D eigenvalue weighted by Gasteiger charge is -2.08. The Hall–Kier alpha value is -1.28. The van der Waals surface area contributed by atoms with Crippen molar-refractivity contribution in [2.24, 2.45) is 5.73 Å². The van der Waals surface area contributed by atoms with Gasteiger partial charge in [-0.05, 0) is 24.6 Å². The molecule has 0 saturated heterocycles. The summed E-state index contributed by atoms with van der Waals surface area (Å²) in [5.74, 6) is 0. The first kappa shape index (κ1) is 14.1. The Kier molecular flexibility index (Phi) is 4.31. The number of aromatic nitrogens is 1. The molecule has 5 nitrogen and oxygen atoms in total. The molecular weight excluding hydrogens is 282 g/mol. The summed E-state index contributed by atoms with van der Waals surface area (Å²) in [7, 11) is -3.51. The van der Waals surface area contributed by atoms with E-state index in [-0.39, 0.29) is 17.5 Å². The van der Waals surface area contributed by atoms with Gasteiger partial charge in [0.05, 0.1) is 22.6 Å². The highest BCUT2D eigenvalue weighted by Crippen LogP contribution is 2.14. The maximum absolute atomic E-state index is 12.0. The van der Waals surface area contributed by atoms with Gasteiger partial charge in [-0.25, -0.2) is 18.1 Å². The molecule has 0 amide bonds. The Balaban J connectivity index is 2.10. The van der Waals surface area contributed by atoms with Crippen LogP contribution in [-0.2, 0) is 16.6 Å². The van der Waals surface area contributed by atoms with Crippen molar-refractivity contribution in [1.29, 1.82) is 0 Å². The summed E-state index contributed by atoms with van der Waals surface area (Å²) < 4.78 is 26.6. The quantitative estimate of drug-likeness (QED) is 0.878. The highest BCUT2D eigenvalue weighted by molar-refractivity contribution is 7.89. The molecule has 0 radical (unpaired) electrons. The molecule has 1 heterocycles. The van der Waals surface area contributed by atoms with Gasteiger partial charge in [-0.2, -0.15) is 0 Å². The molecule has 1 atom stereocenters. The van der Waals surface area contributed by atoms with Crippen LogP contribution in [0.5, 0.6) is 0 Å². The molecular formula is C12H15N3O2S2. The second kappa shape index (κ2) is 5.79. The van der Waals surface area contributed by atoms with E-state index in [1.807, 2.05) is 12.3 Å². The van der Waals surface area contributed by atoms with Crippen LogP contribution in [0.4, 0.5) is 0 Å². The summed E-state index contributed by atoms with van der Waals surface area (Å²) in [6.07, 6.45) is 0. The largest absolute Gasteiger partial charge is 0.324 e. The molecule has 1 aromatic heterocycles. The summed E-state index contributed by atoms with van der Waals surface area (Å²) in [5.41, 5.74) is 9.00. The number of nitrogens with one attached hydrogen (secondary N) is 1. The van der Waals surface area contributed by atoms with Gasteiger partial charge in [0.15, 0.2) is 0 Å². The van der Waals surface area contributed by atoms with Gasteiger partial charge in [0, 0.05) is 11.4 Å². The predicted molar refractivity (Wildman–Crippen MR) is 75.2 cm³/mol. The van der Waals surface area contributed by atoms with E-state index >= 15 is 0 Å². The smallest absolute Gasteiger partial charge is 0.240 e. The lowest BCUT2D eigenvalue weighted by molar-refractivity contribution is 0.580. The molecule has 0 saturated carbocycles. The van der Waals surface area contributed by atoms with Crippen LogP contribution < -0.4 is 10.5 Å². The number of hydrogen-bond donors (Lipinski definition) is 2. The van der Waals surface area contributed by atoms with Crippen molar-refractivity contribution in [3.63, 3.8) is 0 Å². The monoisotopic (exact) mass is 297 g/mol. The van der Waals surface area contributed by atoms with E-state index in [1.165, 1.54) is 11.3 Å². The molecule has 0 aliphatic heterocycles. The minimum Gasteiger partial charge on any atom is -0.324 e. The van der Waals surface area contributed by atoms with Gasteiger partial charge in [-0.3, -0.25) is 0 Å². The maximum Gasteiger partial charge on any atom is 0.240 e. The second-order valence-electron chi connectivity index (χ2n) is 4.16. The number of nitrogens with zero attached hydrogens (tertiary/aromatic N) is 1. The summed E-state index contributed by atoms with van der Waals surface area (Å²) in [6, 6.07) is 6.45. The maximum atomic E-state index is 12.0. The topological polar surface area (TPSA) is 85.1 Å². The number of rotatable bonds is 5. The summed E-state index contributed by atoms with van der Waals surface area (Å²) >= 11 is 1.43. The molecule has 1 aromatic carbocycles. The minimum absolute atomic E-state index is 0.111. The third-order valence-electron chi connectivity index (χ3n) is 2.64. The zero-order valence-electron chi connectivity index (χ0n) is 10.4. The lowest BCUT2D eigenvalue weighted by atomic mass is 10.1. The molecule has 102 valence electrons. The molecule has 2 rings (SSSR count). The highest BCUT2D eigenvalue weighted by atomic mass is 32.2. The molecule has 2 aromatic rings. The van der Waals surface area contributed by atoms with Crippen molar-refractivity contribution >= 4 is 21.4 Å². The number of benzene rings is 1. The lowest BCUT2D eigenvalue weighted by Crippen LogP contribution is -2.23. The van der Waals surface area contributed by atoms with Crippen LogP contribution in [0.3, 0.4) is 0 Å². The van der Waals surface area contributed by atoms with Crippen LogP contribution in [-0.4, -0.2) is 13.4 Å². The molecule has 0 aliphatic rings. The number of nitrogens with two attached hydrogens (primary N) is 1. The minimum atomic E-state index is -3.51. The van der Waals surface area contributed by atoms with E-state index in [2.05, 4.69) is 9.71 Å². The molecule has 7 heteroatoms. The van der Waals surface area contributed by atoms with E-state index in [1.54, 1.807) is 29.8 Å². The Morgan fingerprint density at radius 1 is 1.37 bits per heavy atom. The second-order valence-corrected chi connectivity index (χ2v) is 6.65. The van der Waals surface area contributed by atoms with E-state index in [0.717, 1.165) is 5.56 Å². The van der Waals surface area contributed by atoms with Crippen LogP contribution in [0.1, 0.15) is 24.2 Å². The third kappa shape index (κ3) is 3.60. The van der Waals surface area contributed by atoms with Crippen molar-refractivity contribution in [2.45, 2.75) is 24.4 Å². The van der Waals surface area contributed by atoms with Gasteiger partial charge in [0.1, 0.15) is 0 Å². The summed E-state index contributed by atoms with van der Waals surface area (Å²) in [6.45, 7) is 2.05. The van der Waals surface area contributed by atoms with E-state index in [0.29, 0.717) is 5.69 Å². The van der Waals surface area contributed by atoms with Crippen molar-refractivity contribution in [3.8, 4) is 0 Å². The van der Waals surface area contributed by atoms with Gasteiger partial charge in [-0.1, -0.05) is 12.1 Å². The van der Waals surface area contributed by atoms with Gasteiger partial charge in [-0.15, -0.1) is 11.3 Å². The summed E-state index contributed by atoms with van der Waals surface area (Å²) in [4.78, 5) is 4.25. The van der Waals surface area contributed by atoms with E-state index in [4.69, 9.17) is 5.73 Å². The standard InChI is InChI=1S/C12H15N3O2S2/c1-9(13)10-2-4-12(5-3-10)19(16,17)15-6-11-7-18-8-14-11/h2-5,7-9,15H,6,13H2,1H3. The average Bonchev–Trinajstić information content (AvgIpc) is 2.90. The van der Waals surface area contributed by atoms with Crippen LogP contribution >= 0.6 is 11.3 Å². The fourth-order valence-corrected chi connectivity index (χ4v) is 3.09.